The average molecular weight is 785 g/mol. The fraction of sp³-hybridized carbons (Fsp3) is 0.686. The predicted molar refractivity (Wildman–Crippen MR) is 174 cm³/mol. The first-order valence-corrected chi connectivity index (χ1v) is 17.9. The minimum Gasteiger partial charge on any atom is -0.394 e. The maximum Gasteiger partial charge on any atom is 0.264 e. The summed E-state index contributed by atoms with van der Waals surface area (Å²) < 4.78 is 52.2. The molecule has 0 unspecified atom stereocenters. The van der Waals surface area contributed by atoms with Gasteiger partial charge in [0.05, 0.1) is 26.4 Å². The summed E-state index contributed by atoms with van der Waals surface area (Å²) in [6, 6.07) is 11.6. The Morgan fingerprint density at radius 1 is 0.655 bits per heavy atom. The van der Waals surface area contributed by atoms with Crippen LogP contribution < -0.4 is 0 Å². The maximum atomic E-state index is 14.6. The summed E-state index contributed by atoms with van der Waals surface area (Å²) in [4.78, 5) is 14.6. The van der Waals surface area contributed by atoms with Crippen molar-refractivity contribution in [3.63, 3.8) is 0 Å². The van der Waals surface area contributed by atoms with Crippen LogP contribution in [0.2, 0.25) is 0 Å². The van der Waals surface area contributed by atoms with Gasteiger partial charge in [-0.05, 0) is 10.8 Å². The van der Waals surface area contributed by atoms with Gasteiger partial charge in [-0.3, -0.25) is 4.79 Å². The van der Waals surface area contributed by atoms with Crippen LogP contribution in [0.3, 0.4) is 0 Å². The van der Waals surface area contributed by atoms with Gasteiger partial charge in [0.25, 0.3) is 5.79 Å². The van der Waals surface area contributed by atoms with Crippen molar-refractivity contribution in [1.82, 2.24) is 0 Å². The van der Waals surface area contributed by atoms with E-state index in [0.29, 0.717) is 10.8 Å². The number of ether oxygens (including phenoxy) is 9. The number of aliphatic hydroxyl groups excluding tert-OH is 10. The molecular formula is C35H44O20. The smallest absolute Gasteiger partial charge is 0.264 e. The third-order valence-electron chi connectivity index (χ3n) is 11.2. The van der Waals surface area contributed by atoms with Gasteiger partial charge >= 0.3 is 0 Å². The van der Waals surface area contributed by atoms with E-state index in [1.54, 1.807) is 36.4 Å². The molecule has 0 aliphatic carbocycles. The lowest BCUT2D eigenvalue weighted by atomic mass is 9.85. The third kappa shape index (κ3) is 6.61. The SMILES string of the molecule is O=C(c1cccc2ccccc12)[C@]1(O[C@@H]2[C@H]3OC[C@@H]2O[C@@H](O[C@@H]2[C@@H](O)[C@H](O[C@@H]4[C@H]5OC[C@@H]4O[C@@H](O)[C@H]5O)O[C@H](CO)[C@H]2O)[C@H]3O)O[C@H](CO)[C@H](O)[C@H](O)[C@H]1O. The Morgan fingerprint density at radius 3 is 2.02 bits per heavy atom. The highest BCUT2D eigenvalue weighted by Gasteiger charge is 2.64. The van der Waals surface area contributed by atoms with Crippen LogP contribution in [0.4, 0.5) is 0 Å². The topological polar surface area (TPSA) is 302 Å². The Labute approximate surface area is 311 Å². The Kier molecular flexibility index (Phi) is 11.1. The summed E-state index contributed by atoms with van der Waals surface area (Å²) in [5, 5.41) is 108. The van der Waals surface area contributed by atoms with Gasteiger partial charge in [0.2, 0.25) is 5.78 Å². The Balaban J connectivity index is 1.04. The molecule has 55 heavy (non-hydrogen) atoms. The van der Waals surface area contributed by atoms with Crippen LogP contribution in [-0.2, 0) is 42.6 Å². The van der Waals surface area contributed by atoms with Crippen LogP contribution in [0, 0.1) is 0 Å². The minimum atomic E-state index is -2.79. The monoisotopic (exact) mass is 784 g/mol. The van der Waals surface area contributed by atoms with E-state index in [1.165, 1.54) is 6.07 Å². The van der Waals surface area contributed by atoms with E-state index in [-0.39, 0.29) is 18.8 Å². The molecule has 8 rings (SSSR count). The van der Waals surface area contributed by atoms with E-state index in [1.807, 2.05) is 0 Å². The van der Waals surface area contributed by atoms with Gasteiger partial charge in [-0.25, -0.2) is 0 Å². The molecule has 6 heterocycles. The van der Waals surface area contributed by atoms with Gasteiger partial charge < -0.3 is 93.7 Å². The molecule has 2 aromatic rings. The normalized spacial score (nSPS) is 48.3. The molecule has 2 aromatic carbocycles. The summed E-state index contributed by atoms with van der Waals surface area (Å²) in [5.74, 6) is -3.77. The molecule has 20 atom stereocenters. The number of carbonyl (C=O) groups excluding carboxylic acids is 1. The molecule has 304 valence electrons. The molecule has 20 nitrogen and oxygen atoms in total. The number of Topliss-reactive ketones (excluding diaryl/α,β-unsaturated/α-hetero) is 1. The highest BCUT2D eigenvalue weighted by Crippen LogP contribution is 2.43. The highest BCUT2D eigenvalue weighted by molar-refractivity contribution is 6.11. The highest BCUT2D eigenvalue weighted by atomic mass is 16.8. The second-order valence-corrected chi connectivity index (χ2v) is 14.5. The summed E-state index contributed by atoms with van der Waals surface area (Å²) in [5.41, 5.74) is 0.00642. The van der Waals surface area contributed by atoms with Crippen molar-refractivity contribution in [2.45, 2.75) is 122 Å². The molecule has 6 saturated heterocycles. The molecule has 0 spiro atoms. The van der Waals surface area contributed by atoms with Crippen LogP contribution in [0.15, 0.2) is 42.5 Å². The molecule has 10 N–H and O–H groups in total. The Hall–Kier alpha value is -2.39. The fourth-order valence-corrected chi connectivity index (χ4v) is 8.21. The number of rotatable bonds is 10. The van der Waals surface area contributed by atoms with Crippen LogP contribution in [-0.4, -0.2) is 206 Å². The van der Waals surface area contributed by atoms with Crippen molar-refractivity contribution >= 4 is 16.6 Å². The summed E-state index contributed by atoms with van der Waals surface area (Å²) in [7, 11) is 0. The first-order chi connectivity index (χ1) is 26.4. The molecular weight excluding hydrogens is 740 g/mol. The largest absolute Gasteiger partial charge is 0.394 e. The van der Waals surface area contributed by atoms with Crippen LogP contribution in [0.1, 0.15) is 10.4 Å². The van der Waals surface area contributed by atoms with Gasteiger partial charge in [-0.15, -0.1) is 0 Å². The molecule has 0 radical (unpaired) electrons. The zero-order valence-corrected chi connectivity index (χ0v) is 28.9. The zero-order valence-electron chi connectivity index (χ0n) is 28.9. The molecule has 6 aliphatic rings. The van der Waals surface area contributed by atoms with Gasteiger partial charge in [0, 0.05) is 5.56 Å². The van der Waals surface area contributed by atoms with Crippen molar-refractivity contribution in [2.75, 3.05) is 26.4 Å². The van der Waals surface area contributed by atoms with Gasteiger partial charge in [0.15, 0.2) is 18.9 Å². The molecule has 20 heteroatoms. The molecule has 6 fully saturated rings. The number of carbonyl (C=O) groups is 1. The van der Waals surface area contributed by atoms with E-state index >= 15 is 0 Å². The average Bonchev–Trinajstić information content (AvgIpc) is 3.68. The molecule has 6 aliphatic heterocycles. The Morgan fingerprint density at radius 2 is 1.29 bits per heavy atom. The van der Waals surface area contributed by atoms with Crippen LogP contribution >= 0.6 is 0 Å². The van der Waals surface area contributed by atoms with Crippen molar-refractivity contribution in [2.24, 2.45) is 0 Å². The quantitative estimate of drug-likeness (QED) is 0.101. The maximum absolute atomic E-state index is 14.6. The number of benzene rings is 2. The molecule has 0 amide bonds. The van der Waals surface area contributed by atoms with E-state index in [9.17, 15) is 55.9 Å². The lowest BCUT2D eigenvalue weighted by Gasteiger charge is -2.50. The first kappa shape index (κ1) is 39.4. The van der Waals surface area contributed by atoms with Gasteiger partial charge in [0.1, 0.15) is 97.7 Å². The minimum absolute atomic E-state index is 0.00642. The second-order valence-electron chi connectivity index (χ2n) is 14.5. The van der Waals surface area contributed by atoms with Crippen LogP contribution in [0.5, 0.6) is 0 Å². The van der Waals surface area contributed by atoms with E-state index in [2.05, 4.69) is 0 Å². The van der Waals surface area contributed by atoms with Crippen molar-refractivity contribution in [1.29, 1.82) is 0 Å². The zero-order chi connectivity index (χ0) is 38.9. The summed E-state index contributed by atoms with van der Waals surface area (Å²) in [6.07, 6.45) is -29.3. The second kappa shape index (κ2) is 15.4. The number of ketones is 1. The van der Waals surface area contributed by atoms with Crippen LogP contribution in [0.25, 0.3) is 10.8 Å². The van der Waals surface area contributed by atoms with Crippen molar-refractivity contribution < 1.29 is 98.5 Å². The number of aliphatic hydroxyl groups is 10. The van der Waals surface area contributed by atoms with E-state index in [4.69, 9.17) is 42.6 Å². The summed E-state index contributed by atoms with van der Waals surface area (Å²) in [6.45, 7) is -1.97. The van der Waals surface area contributed by atoms with Crippen molar-refractivity contribution in [3.05, 3.63) is 48.0 Å². The third-order valence-corrected chi connectivity index (χ3v) is 11.2. The predicted octanol–water partition coefficient (Wildman–Crippen LogP) is -5.25. The van der Waals surface area contributed by atoms with Gasteiger partial charge in [-0.1, -0.05) is 42.5 Å². The lowest BCUT2D eigenvalue weighted by molar-refractivity contribution is -0.383. The molecule has 0 aromatic heterocycles. The standard InChI is InChI=1S/C35H44O20/c36-8-15-20(39)27(23(42)33(50-15)52-25-17-10-47-28(25)22(41)32(46)49-17)53-34-24(43)29-26(18(51-34)11-48-29)55-35(31(45)21(40)19(38)16(9-37)54-35)30(44)14-7-3-5-12-4-1-2-6-13(12)14/h1-7,15-29,31-34,36-43,45-46H,8-11H2/t15-,16-,17+,18+,19+,20-,21+,22+,23-,24+,25+,26+,27+,28+,29+,31-,32-,33+,34+,35-/m1/s1. The van der Waals surface area contributed by atoms with E-state index < -0.39 is 141 Å². The first-order valence-electron chi connectivity index (χ1n) is 17.9. The van der Waals surface area contributed by atoms with Gasteiger partial charge in [-0.2, -0.15) is 0 Å². The molecule has 0 saturated carbocycles. The number of hydrogen-bond acceptors (Lipinski definition) is 20. The van der Waals surface area contributed by atoms with E-state index in [0.717, 1.165) is 0 Å². The number of hydrogen-bond donors (Lipinski definition) is 10. The Bertz CT molecular complexity index is 1680. The summed E-state index contributed by atoms with van der Waals surface area (Å²) >= 11 is 0. The lowest BCUT2D eigenvalue weighted by Crippen LogP contribution is -2.71. The van der Waals surface area contributed by atoms with Crippen molar-refractivity contribution in [3.8, 4) is 0 Å². The molecule has 4 bridgehead atoms. The fourth-order valence-electron chi connectivity index (χ4n) is 8.21. The number of fused-ring (bicyclic) bond motifs is 5.